The van der Waals surface area contributed by atoms with Crippen LogP contribution in [0.4, 0.5) is 0 Å². The molecule has 0 radical (unpaired) electrons. The molecule has 1 aliphatic carbocycles. The highest BCUT2D eigenvalue weighted by atomic mass is 28.1. The molecule has 0 aromatic heterocycles. The maximum atomic E-state index is 1.56. The SMILES string of the molecule is [SiH3]BC1CCCCC1. The van der Waals surface area contributed by atoms with Crippen LogP contribution in [0.2, 0.25) is 5.82 Å². The fourth-order valence-electron chi connectivity index (χ4n) is 1.60. The highest BCUT2D eigenvalue weighted by Crippen LogP contribution is 2.26. The van der Waals surface area contributed by atoms with Gasteiger partial charge in [0.1, 0.15) is 6.87 Å². The second kappa shape index (κ2) is 3.34. The molecule has 0 aliphatic heterocycles. The normalized spacial score (nSPS) is 23.5. The highest BCUT2D eigenvalue weighted by Gasteiger charge is 2.10. The van der Waals surface area contributed by atoms with Crippen LogP contribution >= 0.6 is 0 Å². The number of hydrogen-bond donors (Lipinski definition) is 0. The Bertz CT molecular complexity index is 59.5. The summed E-state index contributed by atoms with van der Waals surface area (Å²) in [4.78, 5) is 0. The maximum absolute atomic E-state index is 1.56. The number of hydrogen-bond acceptors (Lipinski definition) is 0. The summed E-state index contributed by atoms with van der Waals surface area (Å²) in [6, 6.07) is 0. The Morgan fingerprint density at radius 2 is 1.75 bits per heavy atom. The van der Waals surface area contributed by atoms with E-state index in [9.17, 15) is 0 Å². The van der Waals surface area contributed by atoms with Crippen LogP contribution in [0, 0.1) is 0 Å². The van der Waals surface area contributed by atoms with E-state index < -0.39 is 0 Å². The van der Waals surface area contributed by atoms with Gasteiger partial charge in [-0.25, -0.2) is 0 Å². The standard InChI is InChI=1S/C6H15BSi/c8-7-6-4-2-1-3-5-6/h6-7H,1-5H2,8H3. The van der Waals surface area contributed by atoms with Crippen LogP contribution in [-0.2, 0) is 0 Å². The second-order valence-corrected chi connectivity index (χ2v) is 3.73. The van der Waals surface area contributed by atoms with Gasteiger partial charge in [-0.05, 0) is 10.1 Å². The maximum Gasteiger partial charge on any atom is 0.108 e. The van der Waals surface area contributed by atoms with E-state index in [0.29, 0.717) is 0 Å². The molecule has 0 atom stereocenters. The molecule has 1 aliphatic rings. The molecular formula is C6H15BSi. The summed E-state index contributed by atoms with van der Waals surface area (Å²) in [6.07, 6.45) is 7.64. The molecule has 0 N–H and O–H groups in total. The number of rotatable bonds is 1. The Kier molecular flexibility index (Phi) is 2.67. The molecule has 0 spiro atoms. The Labute approximate surface area is 55.7 Å². The van der Waals surface area contributed by atoms with Gasteiger partial charge in [-0.1, -0.05) is 37.9 Å². The van der Waals surface area contributed by atoms with Crippen molar-refractivity contribution in [3.05, 3.63) is 0 Å². The van der Waals surface area contributed by atoms with Gasteiger partial charge in [-0.3, -0.25) is 0 Å². The van der Waals surface area contributed by atoms with Crippen LogP contribution in [0.15, 0.2) is 0 Å². The molecule has 0 bridgehead atoms. The topological polar surface area (TPSA) is 0 Å². The van der Waals surface area contributed by atoms with E-state index in [0.717, 1.165) is 5.82 Å². The quantitative estimate of drug-likeness (QED) is 0.447. The van der Waals surface area contributed by atoms with Crippen molar-refractivity contribution in [3.63, 3.8) is 0 Å². The van der Waals surface area contributed by atoms with E-state index in [1.54, 1.807) is 19.7 Å². The van der Waals surface area contributed by atoms with Crippen molar-refractivity contribution >= 4 is 17.0 Å². The van der Waals surface area contributed by atoms with E-state index in [1.165, 1.54) is 29.4 Å². The Morgan fingerprint density at radius 1 is 1.12 bits per heavy atom. The Balaban J connectivity index is 2.13. The third-order valence-electron chi connectivity index (χ3n) is 2.30. The van der Waals surface area contributed by atoms with Gasteiger partial charge in [0.15, 0.2) is 0 Å². The van der Waals surface area contributed by atoms with Gasteiger partial charge in [0, 0.05) is 0 Å². The van der Waals surface area contributed by atoms with E-state index in [2.05, 4.69) is 0 Å². The molecule has 1 fully saturated rings. The van der Waals surface area contributed by atoms with Gasteiger partial charge in [0.05, 0.1) is 0 Å². The lowest BCUT2D eigenvalue weighted by Gasteiger charge is -2.18. The van der Waals surface area contributed by atoms with Crippen LogP contribution in [0.25, 0.3) is 0 Å². The van der Waals surface area contributed by atoms with Crippen LogP contribution in [0.3, 0.4) is 0 Å². The van der Waals surface area contributed by atoms with Crippen molar-refractivity contribution in [1.29, 1.82) is 0 Å². The molecule has 1 saturated carbocycles. The van der Waals surface area contributed by atoms with E-state index in [1.807, 2.05) is 0 Å². The first kappa shape index (κ1) is 6.40. The monoisotopic (exact) mass is 126 g/mol. The van der Waals surface area contributed by atoms with Gasteiger partial charge < -0.3 is 0 Å². The van der Waals surface area contributed by atoms with Crippen molar-refractivity contribution in [3.8, 4) is 0 Å². The summed E-state index contributed by atoms with van der Waals surface area (Å²) < 4.78 is 0. The van der Waals surface area contributed by atoms with Crippen LogP contribution in [0.5, 0.6) is 0 Å². The molecule has 0 unspecified atom stereocenters. The third-order valence-corrected chi connectivity index (χ3v) is 3.46. The van der Waals surface area contributed by atoms with Crippen LogP contribution < -0.4 is 0 Å². The first-order valence-corrected chi connectivity index (χ1v) is 5.35. The summed E-state index contributed by atoms with van der Waals surface area (Å²) in [7, 11) is 1.43. The Hall–Kier alpha value is 0.282. The zero-order chi connectivity index (χ0) is 5.82. The molecular weight excluding hydrogens is 111 g/mol. The summed E-state index contributed by atoms with van der Waals surface area (Å²) in [5.41, 5.74) is 0. The minimum Gasteiger partial charge on any atom is -0.0691 e. The van der Waals surface area contributed by atoms with Gasteiger partial charge in [0.25, 0.3) is 0 Å². The first-order valence-electron chi connectivity index (χ1n) is 3.93. The molecule has 0 aromatic rings. The van der Waals surface area contributed by atoms with E-state index in [-0.39, 0.29) is 0 Å². The minimum absolute atomic E-state index is 1.15. The molecule has 0 nitrogen and oxygen atoms in total. The average molecular weight is 126 g/mol. The lowest BCUT2D eigenvalue weighted by molar-refractivity contribution is 0.503. The summed E-state index contributed by atoms with van der Waals surface area (Å²) in [5, 5.41) is 0. The first-order chi connectivity index (χ1) is 3.93. The fraction of sp³-hybridized carbons (Fsp3) is 1.00. The molecule has 1 rings (SSSR count). The molecule has 0 aromatic carbocycles. The molecule has 0 amide bonds. The van der Waals surface area contributed by atoms with Crippen molar-refractivity contribution in [2.75, 3.05) is 0 Å². The lowest BCUT2D eigenvalue weighted by atomic mass is 9.74. The smallest absolute Gasteiger partial charge is 0.0691 e. The van der Waals surface area contributed by atoms with Crippen molar-refractivity contribution in [2.24, 2.45) is 0 Å². The van der Waals surface area contributed by atoms with Gasteiger partial charge in [-0.2, -0.15) is 0 Å². The second-order valence-electron chi connectivity index (χ2n) is 2.91. The zero-order valence-corrected chi connectivity index (χ0v) is 7.82. The van der Waals surface area contributed by atoms with E-state index in [4.69, 9.17) is 0 Å². The molecule has 0 heterocycles. The predicted octanol–water partition coefficient (Wildman–Crippen LogP) is 0.456. The molecule has 0 saturated heterocycles. The summed E-state index contributed by atoms with van der Waals surface area (Å²) in [5.74, 6) is 1.15. The lowest BCUT2D eigenvalue weighted by Crippen LogP contribution is -2.07. The Morgan fingerprint density at radius 3 is 2.12 bits per heavy atom. The molecule has 8 heavy (non-hydrogen) atoms. The van der Waals surface area contributed by atoms with Crippen molar-refractivity contribution in [2.45, 2.75) is 37.9 Å². The summed E-state index contributed by atoms with van der Waals surface area (Å²) >= 11 is 0. The molecule has 46 valence electrons. The fourth-order valence-corrected chi connectivity index (χ4v) is 2.41. The van der Waals surface area contributed by atoms with Crippen molar-refractivity contribution < 1.29 is 0 Å². The van der Waals surface area contributed by atoms with Gasteiger partial charge in [-0.15, -0.1) is 0 Å². The predicted molar refractivity (Wildman–Crippen MR) is 43.9 cm³/mol. The van der Waals surface area contributed by atoms with E-state index >= 15 is 0 Å². The molecule has 2 heteroatoms. The average Bonchev–Trinajstić information content (AvgIpc) is 1.90. The minimum atomic E-state index is 1.15. The van der Waals surface area contributed by atoms with Gasteiger partial charge in [0.2, 0.25) is 0 Å². The summed E-state index contributed by atoms with van der Waals surface area (Å²) in [6.45, 7) is 1.56. The zero-order valence-electron chi connectivity index (χ0n) is 5.82. The highest BCUT2D eigenvalue weighted by molar-refractivity contribution is 6.90. The van der Waals surface area contributed by atoms with Gasteiger partial charge >= 0.3 is 0 Å². The third kappa shape index (κ3) is 1.66. The van der Waals surface area contributed by atoms with Crippen LogP contribution in [0.1, 0.15) is 32.1 Å². The van der Waals surface area contributed by atoms with Crippen molar-refractivity contribution in [1.82, 2.24) is 0 Å². The van der Waals surface area contributed by atoms with Crippen LogP contribution in [-0.4, -0.2) is 17.0 Å². The largest absolute Gasteiger partial charge is 0.108 e.